The second-order valence-electron chi connectivity index (χ2n) is 6.38. The normalized spacial score (nSPS) is 15.2. The van der Waals surface area contributed by atoms with E-state index < -0.39 is 0 Å². The van der Waals surface area contributed by atoms with Crippen molar-refractivity contribution in [2.45, 2.75) is 18.9 Å². The molecule has 5 heteroatoms. The van der Waals surface area contributed by atoms with Gasteiger partial charge in [0.25, 0.3) is 5.91 Å². The van der Waals surface area contributed by atoms with E-state index in [9.17, 15) is 4.79 Å². The Morgan fingerprint density at radius 1 is 1.12 bits per heavy atom. The predicted molar refractivity (Wildman–Crippen MR) is 97.6 cm³/mol. The number of carbonyl (C=O) groups excluding carboxylic acids is 1. The summed E-state index contributed by atoms with van der Waals surface area (Å²) in [6, 6.07) is 14.4. The van der Waals surface area contributed by atoms with Crippen molar-refractivity contribution in [3.8, 4) is 0 Å². The van der Waals surface area contributed by atoms with Crippen molar-refractivity contribution in [3.05, 3.63) is 54.2 Å². The maximum atomic E-state index is 12.6. The van der Waals surface area contributed by atoms with E-state index in [2.05, 4.69) is 22.4 Å². The molecule has 24 heavy (non-hydrogen) atoms. The van der Waals surface area contributed by atoms with Crippen LogP contribution in [0.5, 0.6) is 0 Å². The molecule has 5 nitrogen and oxygen atoms in total. The van der Waals surface area contributed by atoms with Gasteiger partial charge in [0.1, 0.15) is 5.82 Å². The Labute approximate surface area is 143 Å². The molecule has 1 N–H and O–H groups in total. The number of hydrogen-bond donors (Lipinski definition) is 1. The Hall–Kier alpha value is -2.56. The van der Waals surface area contributed by atoms with E-state index in [0.29, 0.717) is 11.6 Å². The summed E-state index contributed by atoms with van der Waals surface area (Å²) in [6.07, 6.45) is 3.60. The quantitative estimate of drug-likeness (QED) is 0.939. The molecule has 1 fully saturated rings. The van der Waals surface area contributed by atoms with E-state index in [4.69, 9.17) is 0 Å². The number of anilines is 2. The van der Waals surface area contributed by atoms with Crippen LogP contribution in [0.3, 0.4) is 0 Å². The van der Waals surface area contributed by atoms with Crippen LogP contribution in [0.4, 0.5) is 11.5 Å². The fourth-order valence-electron chi connectivity index (χ4n) is 2.96. The SMILES string of the molecule is CN(C)c1ccc(C(=O)N2CCC(Nc3ccccc3)CC2)cn1. The van der Waals surface area contributed by atoms with Crippen LogP contribution in [0.25, 0.3) is 0 Å². The average molecular weight is 324 g/mol. The Bertz CT molecular complexity index is 662. The predicted octanol–water partition coefficient (Wildman–Crippen LogP) is 2.86. The summed E-state index contributed by atoms with van der Waals surface area (Å²) in [5.74, 6) is 0.934. The van der Waals surface area contributed by atoms with E-state index >= 15 is 0 Å². The highest BCUT2D eigenvalue weighted by molar-refractivity contribution is 5.94. The number of amides is 1. The lowest BCUT2D eigenvalue weighted by atomic mass is 10.0. The molecule has 2 heterocycles. The Balaban J connectivity index is 1.55. The molecule has 1 saturated heterocycles. The number of hydrogen-bond acceptors (Lipinski definition) is 4. The first-order valence-corrected chi connectivity index (χ1v) is 8.38. The third-order valence-electron chi connectivity index (χ3n) is 4.38. The van der Waals surface area contributed by atoms with Crippen LogP contribution in [0, 0.1) is 0 Å². The summed E-state index contributed by atoms with van der Waals surface area (Å²) in [4.78, 5) is 20.8. The Morgan fingerprint density at radius 2 is 1.83 bits per heavy atom. The standard InChI is InChI=1S/C19H24N4O/c1-22(2)18-9-8-15(14-20-18)19(24)23-12-10-17(11-13-23)21-16-6-4-3-5-7-16/h3-9,14,17,21H,10-13H2,1-2H3. The summed E-state index contributed by atoms with van der Waals surface area (Å²) < 4.78 is 0. The number of nitrogens with zero attached hydrogens (tertiary/aromatic N) is 3. The number of pyridine rings is 1. The maximum absolute atomic E-state index is 12.6. The summed E-state index contributed by atoms with van der Waals surface area (Å²) in [6.45, 7) is 1.55. The van der Waals surface area contributed by atoms with Gasteiger partial charge in [-0.25, -0.2) is 4.98 Å². The molecule has 1 aliphatic rings. The van der Waals surface area contributed by atoms with Gasteiger partial charge in [0.05, 0.1) is 5.56 Å². The zero-order valence-electron chi connectivity index (χ0n) is 14.3. The molecule has 1 aliphatic heterocycles. The van der Waals surface area contributed by atoms with Crippen LogP contribution < -0.4 is 10.2 Å². The van der Waals surface area contributed by atoms with Gasteiger partial charge in [-0.15, -0.1) is 0 Å². The highest BCUT2D eigenvalue weighted by Crippen LogP contribution is 2.18. The minimum Gasteiger partial charge on any atom is -0.382 e. The largest absolute Gasteiger partial charge is 0.382 e. The van der Waals surface area contributed by atoms with E-state index in [1.165, 1.54) is 0 Å². The van der Waals surface area contributed by atoms with Gasteiger partial charge < -0.3 is 15.1 Å². The van der Waals surface area contributed by atoms with Crippen LogP contribution in [-0.4, -0.2) is 49.0 Å². The molecule has 3 rings (SSSR count). The van der Waals surface area contributed by atoms with Gasteiger partial charge in [0.2, 0.25) is 0 Å². The number of piperidine rings is 1. The molecule has 0 atom stereocenters. The average Bonchev–Trinajstić information content (AvgIpc) is 2.63. The molecule has 0 radical (unpaired) electrons. The highest BCUT2D eigenvalue weighted by Gasteiger charge is 2.23. The Kier molecular flexibility index (Phi) is 4.99. The first-order chi connectivity index (χ1) is 11.6. The number of benzene rings is 1. The van der Waals surface area contributed by atoms with Crippen molar-refractivity contribution in [2.24, 2.45) is 0 Å². The van der Waals surface area contributed by atoms with Crippen LogP contribution in [0.2, 0.25) is 0 Å². The van der Waals surface area contributed by atoms with Crippen molar-refractivity contribution >= 4 is 17.4 Å². The van der Waals surface area contributed by atoms with Crippen molar-refractivity contribution in [1.29, 1.82) is 0 Å². The summed E-state index contributed by atoms with van der Waals surface area (Å²) >= 11 is 0. The van der Waals surface area contributed by atoms with Crippen molar-refractivity contribution < 1.29 is 4.79 Å². The zero-order valence-corrected chi connectivity index (χ0v) is 14.3. The fourth-order valence-corrected chi connectivity index (χ4v) is 2.96. The second-order valence-corrected chi connectivity index (χ2v) is 6.38. The molecule has 1 amide bonds. The molecule has 2 aromatic rings. The molecule has 1 aromatic carbocycles. The summed E-state index contributed by atoms with van der Waals surface area (Å²) in [5, 5.41) is 3.54. The maximum Gasteiger partial charge on any atom is 0.255 e. The third-order valence-corrected chi connectivity index (χ3v) is 4.38. The van der Waals surface area contributed by atoms with Crippen LogP contribution in [-0.2, 0) is 0 Å². The fraction of sp³-hybridized carbons (Fsp3) is 0.368. The molecular weight excluding hydrogens is 300 g/mol. The van der Waals surface area contributed by atoms with Crippen molar-refractivity contribution in [2.75, 3.05) is 37.4 Å². The number of para-hydroxylation sites is 1. The van der Waals surface area contributed by atoms with Crippen molar-refractivity contribution in [3.63, 3.8) is 0 Å². The molecule has 0 saturated carbocycles. The van der Waals surface area contributed by atoms with Gasteiger partial charge in [0, 0.05) is 45.1 Å². The first-order valence-electron chi connectivity index (χ1n) is 8.38. The van der Waals surface area contributed by atoms with E-state index in [1.54, 1.807) is 6.20 Å². The van der Waals surface area contributed by atoms with E-state index in [-0.39, 0.29) is 5.91 Å². The number of aromatic nitrogens is 1. The van der Waals surface area contributed by atoms with Gasteiger partial charge in [-0.1, -0.05) is 18.2 Å². The molecule has 0 unspecified atom stereocenters. The zero-order chi connectivity index (χ0) is 16.9. The lowest BCUT2D eigenvalue weighted by Crippen LogP contribution is -2.42. The van der Waals surface area contributed by atoms with Gasteiger partial charge in [-0.3, -0.25) is 4.79 Å². The van der Waals surface area contributed by atoms with E-state index in [1.807, 2.05) is 54.2 Å². The van der Waals surface area contributed by atoms with Crippen LogP contribution >= 0.6 is 0 Å². The number of carbonyl (C=O) groups is 1. The molecular formula is C19H24N4O. The van der Waals surface area contributed by atoms with Gasteiger partial charge in [0.15, 0.2) is 0 Å². The monoisotopic (exact) mass is 324 g/mol. The lowest BCUT2D eigenvalue weighted by Gasteiger charge is -2.33. The van der Waals surface area contributed by atoms with Gasteiger partial charge >= 0.3 is 0 Å². The minimum absolute atomic E-state index is 0.0750. The summed E-state index contributed by atoms with van der Waals surface area (Å²) in [5.41, 5.74) is 1.81. The smallest absolute Gasteiger partial charge is 0.255 e. The van der Waals surface area contributed by atoms with E-state index in [0.717, 1.165) is 37.4 Å². The lowest BCUT2D eigenvalue weighted by molar-refractivity contribution is 0.0718. The minimum atomic E-state index is 0.0750. The topological polar surface area (TPSA) is 48.5 Å². The molecule has 0 spiro atoms. The molecule has 1 aromatic heterocycles. The Morgan fingerprint density at radius 3 is 2.42 bits per heavy atom. The van der Waals surface area contributed by atoms with Crippen LogP contribution in [0.1, 0.15) is 23.2 Å². The molecule has 126 valence electrons. The van der Waals surface area contributed by atoms with Gasteiger partial charge in [-0.2, -0.15) is 0 Å². The highest BCUT2D eigenvalue weighted by atomic mass is 16.2. The number of likely N-dealkylation sites (tertiary alicyclic amines) is 1. The second kappa shape index (κ2) is 7.34. The molecule has 0 aliphatic carbocycles. The van der Waals surface area contributed by atoms with Crippen LogP contribution in [0.15, 0.2) is 48.7 Å². The summed E-state index contributed by atoms with van der Waals surface area (Å²) in [7, 11) is 3.88. The third kappa shape index (κ3) is 3.85. The van der Waals surface area contributed by atoms with Crippen molar-refractivity contribution in [1.82, 2.24) is 9.88 Å². The number of rotatable bonds is 4. The first kappa shape index (κ1) is 16.3. The number of nitrogens with one attached hydrogen (secondary N) is 1. The van der Waals surface area contributed by atoms with Gasteiger partial charge in [-0.05, 0) is 37.1 Å². The molecule has 0 bridgehead atoms.